The van der Waals surface area contributed by atoms with Crippen molar-refractivity contribution in [3.05, 3.63) is 29.8 Å². The lowest BCUT2D eigenvalue weighted by molar-refractivity contribution is 0.0697. The Balaban J connectivity index is 2.07. The Hall–Kier alpha value is -1.55. The Bertz CT molecular complexity index is 359. The number of aromatic carboxylic acids is 1. The zero-order valence-corrected chi connectivity index (χ0v) is 11.4. The summed E-state index contributed by atoms with van der Waals surface area (Å²) in [6, 6.07) is 6.43. The fourth-order valence-corrected chi connectivity index (χ4v) is 1.60. The van der Waals surface area contributed by atoms with Crippen molar-refractivity contribution in [1.29, 1.82) is 0 Å². The maximum Gasteiger partial charge on any atom is 0.335 e. The van der Waals surface area contributed by atoms with Crippen LogP contribution in [0.25, 0.3) is 0 Å². The van der Waals surface area contributed by atoms with Gasteiger partial charge in [0.25, 0.3) is 0 Å². The second-order valence-corrected chi connectivity index (χ2v) is 4.35. The summed E-state index contributed by atoms with van der Waals surface area (Å²) in [5, 5.41) is 8.75. The van der Waals surface area contributed by atoms with Crippen molar-refractivity contribution in [3.8, 4) is 5.75 Å². The topological polar surface area (TPSA) is 55.8 Å². The van der Waals surface area contributed by atoms with Crippen LogP contribution in [0.15, 0.2) is 24.3 Å². The van der Waals surface area contributed by atoms with E-state index in [1.54, 1.807) is 24.3 Å². The molecule has 4 heteroatoms. The van der Waals surface area contributed by atoms with E-state index in [4.69, 9.17) is 14.6 Å². The smallest absolute Gasteiger partial charge is 0.335 e. The Kier molecular flexibility index (Phi) is 7.66. The third-order valence-electron chi connectivity index (χ3n) is 2.70. The number of carboxylic acid groups (broad SMARTS) is 1. The first-order valence-corrected chi connectivity index (χ1v) is 6.78. The molecule has 0 aliphatic carbocycles. The lowest BCUT2D eigenvalue weighted by atomic mass is 10.2. The quantitative estimate of drug-likeness (QED) is 0.660. The molecular weight excluding hydrogens is 244 g/mol. The number of unbranched alkanes of at least 4 members (excludes halogenated alkanes) is 2. The normalized spacial score (nSPS) is 10.4. The Morgan fingerprint density at radius 3 is 2.37 bits per heavy atom. The standard InChI is InChI=1S/C15H22O4/c1-2-3-4-10-18-11-5-12-19-14-8-6-13(7-9-14)15(16)17/h6-9H,2-5,10-12H2,1H3,(H,16,17). The molecule has 0 aliphatic heterocycles. The molecule has 1 rings (SSSR count). The van der Waals surface area contributed by atoms with Crippen molar-refractivity contribution in [3.63, 3.8) is 0 Å². The zero-order valence-electron chi connectivity index (χ0n) is 11.4. The molecule has 0 radical (unpaired) electrons. The summed E-state index contributed by atoms with van der Waals surface area (Å²) >= 11 is 0. The molecule has 4 nitrogen and oxygen atoms in total. The minimum absolute atomic E-state index is 0.270. The number of benzene rings is 1. The van der Waals surface area contributed by atoms with Crippen LogP contribution in [-0.4, -0.2) is 30.9 Å². The van der Waals surface area contributed by atoms with Crippen LogP contribution in [0.3, 0.4) is 0 Å². The molecule has 0 saturated carbocycles. The molecule has 0 aliphatic rings. The number of ether oxygens (including phenoxy) is 2. The number of rotatable bonds is 10. The van der Waals surface area contributed by atoms with E-state index in [1.165, 1.54) is 12.8 Å². The van der Waals surface area contributed by atoms with Gasteiger partial charge >= 0.3 is 5.97 Å². The molecule has 0 saturated heterocycles. The van der Waals surface area contributed by atoms with Crippen LogP contribution < -0.4 is 4.74 Å². The lowest BCUT2D eigenvalue weighted by Crippen LogP contribution is -2.04. The molecule has 1 aromatic carbocycles. The number of carbonyl (C=O) groups is 1. The third kappa shape index (κ3) is 6.82. The second-order valence-electron chi connectivity index (χ2n) is 4.35. The summed E-state index contributed by atoms with van der Waals surface area (Å²) in [4.78, 5) is 10.7. The Morgan fingerprint density at radius 1 is 1.05 bits per heavy atom. The van der Waals surface area contributed by atoms with Gasteiger partial charge in [0.2, 0.25) is 0 Å². The van der Waals surface area contributed by atoms with Crippen LogP contribution in [0, 0.1) is 0 Å². The summed E-state index contributed by atoms with van der Waals surface area (Å²) < 4.78 is 11.0. The minimum atomic E-state index is -0.924. The van der Waals surface area contributed by atoms with Gasteiger partial charge in [-0.1, -0.05) is 19.8 Å². The van der Waals surface area contributed by atoms with Gasteiger partial charge in [-0.15, -0.1) is 0 Å². The fraction of sp³-hybridized carbons (Fsp3) is 0.533. The van der Waals surface area contributed by atoms with E-state index in [1.807, 2.05) is 0 Å². The molecule has 0 heterocycles. The molecule has 0 bridgehead atoms. The first kappa shape index (κ1) is 15.5. The second kappa shape index (κ2) is 9.39. The maximum atomic E-state index is 10.7. The molecule has 0 amide bonds. The van der Waals surface area contributed by atoms with Gasteiger partial charge in [0, 0.05) is 19.6 Å². The highest BCUT2D eigenvalue weighted by Crippen LogP contribution is 2.12. The van der Waals surface area contributed by atoms with Crippen LogP contribution in [-0.2, 0) is 4.74 Å². The molecule has 0 aromatic heterocycles. The molecule has 1 N–H and O–H groups in total. The minimum Gasteiger partial charge on any atom is -0.494 e. The largest absolute Gasteiger partial charge is 0.494 e. The van der Waals surface area contributed by atoms with Gasteiger partial charge in [0.05, 0.1) is 12.2 Å². The van der Waals surface area contributed by atoms with Gasteiger partial charge < -0.3 is 14.6 Å². The fourth-order valence-electron chi connectivity index (χ4n) is 1.60. The summed E-state index contributed by atoms with van der Waals surface area (Å²) in [5.74, 6) is -0.233. The van der Waals surface area contributed by atoms with E-state index in [9.17, 15) is 4.79 Å². The van der Waals surface area contributed by atoms with Crippen molar-refractivity contribution >= 4 is 5.97 Å². The van der Waals surface area contributed by atoms with E-state index in [0.29, 0.717) is 19.0 Å². The van der Waals surface area contributed by atoms with E-state index in [-0.39, 0.29) is 5.56 Å². The highest BCUT2D eigenvalue weighted by Gasteiger charge is 2.01. The first-order chi connectivity index (χ1) is 9.24. The lowest BCUT2D eigenvalue weighted by Gasteiger charge is -2.07. The summed E-state index contributed by atoms with van der Waals surface area (Å²) in [6.07, 6.45) is 4.38. The maximum absolute atomic E-state index is 10.7. The predicted octanol–water partition coefficient (Wildman–Crippen LogP) is 3.36. The van der Waals surface area contributed by atoms with Gasteiger partial charge in [-0.2, -0.15) is 0 Å². The van der Waals surface area contributed by atoms with Gasteiger partial charge in [-0.3, -0.25) is 0 Å². The van der Waals surface area contributed by atoms with Crippen molar-refractivity contribution in [1.82, 2.24) is 0 Å². The van der Waals surface area contributed by atoms with Crippen LogP contribution in [0.4, 0.5) is 0 Å². The third-order valence-corrected chi connectivity index (χ3v) is 2.70. The molecule has 19 heavy (non-hydrogen) atoms. The Morgan fingerprint density at radius 2 is 1.74 bits per heavy atom. The van der Waals surface area contributed by atoms with E-state index < -0.39 is 5.97 Å². The summed E-state index contributed by atoms with van der Waals surface area (Å²) in [7, 11) is 0. The highest BCUT2D eigenvalue weighted by atomic mass is 16.5. The summed E-state index contributed by atoms with van der Waals surface area (Å²) in [6.45, 7) is 4.28. The Labute approximate surface area is 114 Å². The number of carboxylic acids is 1. The number of hydrogen-bond acceptors (Lipinski definition) is 3. The number of hydrogen-bond donors (Lipinski definition) is 1. The molecule has 106 valence electrons. The van der Waals surface area contributed by atoms with Crippen molar-refractivity contribution in [2.75, 3.05) is 19.8 Å². The van der Waals surface area contributed by atoms with E-state index in [2.05, 4.69) is 6.92 Å². The first-order valence-electron chi connectivity index (χ1n) is 6.78. The SMILES string of the molecule is CCCCCOCCCOc1ccc(C(=O)O)cc1. The highest BCUT2D eigenvalue weighted by molar-refractivity contribution is 5.87. The molecule has 1 aromatic rings. The molecule has 0 fully saturated rings. The van der Waals surface area contributed by atoms with Crippen molar-refractivity contribution in [2.24, 2.45) is 0 Å². The average molecular weight is 266 g/mol. The van der Waals surface area contributed by atoms with E-state index >= 15 is 0 Å². The van der Waals surface area contributed by atoms with Crippen LogP contribution in [0.1, 0.15) is 43.0 Å². The van der Waals surface area contributed by atoms with Crippen LogP contribution in [0.2, 0.25) is 0 Å². The van der Waals surface area contributed by atoms with Crippen molar-refractivity contribution < 1.29 is 19.4 Å². The predicted molar refractivity (Wildman–Crippen MR) is 73.9 cm³/mol. The molecule has 0 unspecified atom stereocenters. The van der Waals surface area contributed by atoms with Gasteiger partial charge in [-0.05, 0) is 30.7 Å². The van der Waals surface area contributed by atoms with Gasteiger partial charge in [-0.25, -0.2) is 4.79 Å². The van der Waals surface area contributed by atoms with Gasteiger partial charge in [0.1, 0.15) is 5.75 Å². The van der Waals surface area contributed by atoms with Crippen LogP contribution >= 0.6 is 0 Å². The average Bonchev–Trinajstić information content (AvgIpc) is 2.42. The van der Waals surface area contributed by atoms with E-state index in [0.717, 1.165) is 19.4 Å². The van der Waals surface area contributed by atoms with Crippen molar-refractivity contribution in [2.45, 2.75) is 32.6 Å². The zero-order chi connectivity index (χ0) is 13.9. The van der Waals surface area contributed by atoms with Crippen LogP contribution in [0.5, 0.6) is 5.75 Å². The molecular formula is C15H22O4. The molecule has 0 atom stereocenters. The molecule has 0 spiro atoms. The van der Waals surface area contributed by atoms with Gasteiger partial charge in [0.15, 0.2) is 0 Å². The summed E-state index contributed by atoms with van der Waals surface area (Å²) in [5.41, 5.74) is 0.270. The monoisotopic (exact) mass is 266 g/mol.